The number of halogens is 3. The molecule has 4 aromatic rings. The molecular formula is C30H25BrCl2N2O3S. The zero-order valence-corrected chi connectivity index (χ0v) is 25.0. The minimum absolute atomic E-state index is 0.127. The number of fused-ring (bicyclic) bond motifs is 1. The number of amides is 1. The topological polar surface area (TPSA) is 59.9 Å². The van der Waals surface area contributed by atoms with Gasteiger partial charge in [-0.15, -0.1) is 11.3 Å². The van der Waals surface area contributed by atoms with Crippen LogP contribution in [0.5, 0.6) is 11.5 Å². The molecule has 1 amide bonds. The van der Waals surface area contributed by atoms with Crippen LogP contribution in [0.4, 0.5) is 10.7 Å². The van der Waals surface area contributed by atoms with Gasteiger partial charge in [0.2, 0.25) is 0 Å². The smallest absolute Gasteiger partial charge is 0.259 e. The van der Waals surface area contributed by atoms with Crippen LogP contribution in [0.1, 0.15) is 44.8 Å². The molecule has 0 spiro atoms. The first-order valence-electron chi connectivity index (χ1n) is 12.4. The number of nitrogens with one attached hydrogen (secondary N) is 1. The molecule has 39 heavy (non-hydrogen) atoms. The van der Waals surface area contributed by atoms with E-state index in [9.17, 15) is 4.79 Å². The lowest BCUT2D eigenvalue weighted by atomic mass is 9.95. The maximum atomic E-state index is 13.4. The third-order valence-corrected chi connectivity index (χ3v) is 8.89. The Labute approximate surface area is 249 Å². The maximum absolute atomic E-state index is 13.4. The van der Waals surface area contributed by atoms with Gasteiger partial charge in [-0.2, -0.15) is 0 Å². The van der Waals surface area contributed by atoms with Crippen LogP contribution in [0.15, 0.2) is 70.1 Å². The van der Waals surface area contributed by atoms with E-state index in [2.05, 4.69) is 21.2 Å². The summed E-state index contributed by atoms with van der Waals surface area (Å²) >= 11 is 17.4. The number of ether oxygens (including phenoxy) is 2. The third-order valence-electron chi connectivity index (χ3n) is 6.36. The average molecular weight is 644 g/mol. The predicted octanol–water partition coefficient (Wildman–Crippen LogP) is 9.29. The standard InChI is InChI=1S/C30H25BrCl2N2O3S/c1-37-25-15-19(13-22(31)28(25)38-17-18-11-12-23(32)24(33)14-18)16-34-30-27(21-9-5-6-10-26(21)39-30)29(36)35-20-7-3-2-4-8-20/h2-4,7-8,11-16H,5-6,9-10,17H2,1H3,(H,35,36). The highest BCUT2D eigenvalue weighted by atomic mass is 79.9. The second kappa shape index (κ2) is 12.6. The molecule has 200 valence electrons. The number of carbonyl (C=O) groups excluding carboxylic acids is 1. The van der Waals surface area contributed by atoms with E-state index in [1.807, 2.05) is 48.5 Å². The number of para-hydroxylation sites is 1. The van der Waals surface area contributed by atoms with Crippen molar-refractivity contribution in [2.45, 2.75) is 32.3 Å². The predicted molar refractivity (Wildman–Crippen MR) is 164 cm³/mol. The van der Waals surface area contributed by atoms with Gasteiger partial charge in [-0.25, -0.2) is 4.99 Å². The molecule has 1 aromatic heterocycles. The van der Waals surface area contributed by atoms with Crippen molar-refractivity contribution in [1.82, 2.24) is 0 Å². The third kappa shape index (κ3) is 6.49. The van der Waals surface area contributed by atoms with E-state index in [0.717, 1.165) is 52.5 Å². The summed E-state index contributed by atoms with van der Waals surface area (Å²) in [5.41, 5.74) is 4.24. The van der Waals surface area contributed by atoms with Crippen molar-refractivity contribution in [1.29, 1.82) is 0 Å². The Morgan fingerprint density at radius 1 is 1.08 bits per heavy atom. The fourth-order valence-electron chi connectivity index (χ4n) is 4.46. The van der Waals surface area contributed by atoms with Gasteiger partial charge in [0.25, 0.3) is 5.91 Å². The van der Waals surface area contributed by atoms with Gasteiger partial charge in [0.1, 0.15) is 11.6 Å². The molecule has 1 aliphatic rings. The second-order valence-corrected chi connectivity index (χ2v) is 11.8. The number of methoxy groups -OCH3 is 1. The second-order valence-electron chi connectivity index (χ2n) is 9.04. The molecule has 5 nitrogen and oxygen atoms in total. The first-order valence-corrected chi connectivity index (χ1v) is 14.8. The van der Waals surface area contributed by atoms with Crippen molar-refractivity contribution in [3.05, 3.63) is 102 Å². The molecule has 0 atom stereocenters. The first kappa shape index (κ1) is 27.7. The van der Waals surface area contributed by atoms with Crippen LogP contribution < -0.4 is 14.8 Å². The van der Waals surface area contributed by atoms with E-state index in [4.69, 9.17) is 37.7 Å². The summed E-state index contributed by atoms with van der Waals surface area (Å²) in [7, 11) is 1.59. The maximum Gasteiger partial charge on any atom is 0.259 e. The van der Waals surface area contributed by atoms with Crippen LogP contribution in [-0.4, -0.2) is 19.2 Å². The minimum Gasteiger partial charge on any atom is -0.493 e. The first-order chi connectivity index (χ1) is 18.9. The molecule has 0 aliphatic heterocycles. The van der Waals surface area contributed by atoms with Crippen LogP contribution >= 0.6 is 50.5 Å². The quantitative estimate of drug-likeness (QED) is 0.195. The lowest BCUT2D eigenvalue weighted by molar-refractivity contribution is 0.102. The van der Waals surface area contributed by atoms with Crippen molar-refractivity contribution < 1.29 is 14.3 Å². The van der Waals surface area contributed by atoms with Gasteiger partial charge in [-0.3, -0.25) is 4.79 Å². The summed E-state index contributed by atoms with van der Waals surface area (Å²) in [6.45, 7) is 0.292. The number of rotatable bonds is 8. The van der Waals surface area contributed by atoms with Crippen LogP contribution in [0.25, 0.3) is 0 Å². The summed E-state index contributed by atoms with van der Waals surface area (Å²) in [6, 6.07) is 18.6. The lowest BCUT2D eigenvalue weighted by Gasteiger charge is -2.14. The Hall–Kier alpha value is -2.84. The molecule has 0 bridgehead atoms. The highest BCUT2D eigenvalue weighted by Crippen LogP contribution is 2.41. The Kier molecular flexibility index (Phi) is 8.92. The zero-order chi connectivity index (χ0) is 27.4. The monoisotopic (exact) mass is 642 g/mol. The number of aliphatic imine (C=N–C) groups is 1. The molecule has 1 N–H and O–H groups in total. The van der Waals surface area contributed by atoms with Gasteiger partial charge in [0.05, 0.1) is 27.2 Å². The van der Waals surface area contributed by atoms with E-state index >= 15 is 0 Å². The molecule has 1 aliphatic carbocycles. The van der Waals surface area contributed by atoms with E-state index in [1.54, 1.807) is 36.8 Å². The fourth-order valence-corrected chi connectivity index (χ4v) is 6.59. The number of hydrogen-bond donors (Lipinski definition) is 1. The number of thiophene rings is 1. The molecule has 0 fully saturated rings. The molecular weight excluding hydrogens is 619 g/mol. The summed E-state index contributed by atoms with van der Waals surface area (Å²) in [5.74, 6) is 0.992. The Morgan fingerprint density at radius 2 is 1.87 bits per heavy atom. The normalized spacial score (nSPS) is 12.8. The number of aryl methyl sites for hydroxylation is 1. The largest absolute Gasteiger partial charge is 0.493 e. The molecule has 0 unspecified atom stereocenters. The Balaban J connectivity index is 1.40. The molecule has 0 saturated heterocycles. The van der Waals surface area contributed by atoms with E-state index < -0.39 is 0 Å². The van der Waals surface area contributed by atoms with Crippen molar-refractivity contribution >= 4 is 73.3 Å². The lowest BCUT2D eigenvalue weighted by Crippen LogP contribution is -2.14. The minimum atomic E-state index is -0.127. The van der Waals surface area contributed by atoms with Crippen molar-refractivity contribution in [3.63, 3.8) is 0 Å². The van der Waals surface area contributed by atoms with Gasteiger partial charge < -0.3 is 14.8 Å². The van der Waals surface area contributed by atoms with Gasteiger partial charge in [-0.05, 0) is 94.7 Å². The van der Waals surface area contributed by atoms with Crippen LogP contribution in [-0.2, 0) is 19.4 Å². The average Bonchev–Trinajstić information content (AvgIpc) is 3.32. The molecule has 0 saturated carbocycles. The molecule has 9 heteroatoms. The molecule has 1 heterocycles. The SMILES string of the molecule is COc1cc(C=Nc2sc3c(c2C(=O)Nc2ccccc2)CCCC3)cc(Br)c1OCc1ccc(Cl)c(Cl)c1. The van der Waals surface area contributed by atoms with Gasteiger partial charge in [0, 0.05) is 16.8 Å². The van der Waals surface area contributed by atoms with Gasteiger partial charge in [-0.1, -0.05) is 47.5 Å². The van der Waals surface area contributed by atoms with Crippen LogP contribution in [0.2, 0.25) is 10.0 Å². The van der Waals surface area contributed by atoms with Gasteiger partial charge in [0.15, 0.2) is 11.5 Å². The van der Waals surface area contributed by atoms with Crippen molar-refractivity contribution in [3.8, 4) is 11.5 Å². The van der Waals surface area contributed by atoms with Gasteiger partial charge >= 0.3 is 0 Å². The summed E-state index contributed by atoms with van der Waals surface area (Å²) in [6.07, 6.45) is 5.83. The summed E-state index contributed by atoms with van der Waals surface area (Å²) < 4.78 is 12.4. The number of anilines is 1. The van der Waals surface area contributed by atoms with E-state index in [0.29, 0.717) is 38.7 Å². The number of carbonyl (C=O) groups is 1. The molecule has 5 rings (SSSR count). The Morgan fingerprint density at radius 3 is 2.64 bits per heavy atom. The van der Waals surface area contributed by atoms with E-state index in [1.165, 1.54) is 4.88 Å². The highest BCUT2D eigenvalue weighted by molar-refractivity contribution is 9.10. The number of hydrogen-bond acceptors (Lipinski definition) is 5. The molecule has 0 radical (unpaired) electrons. The summed E-state index contributed by atoms with van der Waals surface area (Å²) in [4.78, 5) is 19.4. The van der Waals surface area contributed by atoms with Crippen molar-refractivity contribution in [2.24, 2.45) is 4.99 Å². The van der Waals surface area contributed by atoms with Crippen LogP contribution in [0.3, 0.4) is 0 Å². The van der Waals surface area contributed by atoms with Crippen LogP contribution in [0, 0.1) is 0 Å². The van der Waals surface area contributed by atoms with Crippen molar-refractivity contribution in [2.75, 3.05) is 12.4 Å². The fraction of sp³-hybridized carbons (Fsp3) is 0.200. The summed E-state index contributed by atoms with van der Waals surface area (Å²) in [5, 5.41) is 4.72. The van der Waals surface area contributed by atoms with E-state index in [-0.39, 0.29) is 5.91 Å². The number of nitrogens with zero attached hydrogens (tertiary/aromatic N) is 1. The molecule has 3 aromatic carbocycles. The zero-order valence-electron chi connectivity index (χ0n) is 21.1. The number of benzene rings is 3. The highest BCUT2D eigenvalue weighted by Gasteiger charge is 2.25. The Bertz CT molecular complexity index is 1540.